The molecule has 1 amide bonds. The van der Waals surface area contributed by atoms with Crippen LogP contribution in [0.15, 0.2) is 18.2 Å². The molecule has 96 valence electrons. The summed E-state index contributed by atoms with van der Waals surface area (Å²) in [5.74, 6) is 0.0602. The third kappa shape index (κ3) is 2.26. The summed E-state index contributed by atoms with van der Waals surface area (Å²) in [5.41, 5.74) is 3.35. The first-order valence-electron chi connectivity index (χ1n) is 6.54. The zero-order valence-electron chi connectivity index (χ0n) is 10.7. The molecule has 2 aliphatic rings. The fourth-order valence-electron chi connectivity index (χ4n) is 2.76. The van der Waals surface area contributed by atoms with Crippen molar-refractivity contribution in [3.05, 3.63) is 34.9 Å². The lowest BCUT2D eigenvalue weighted by Crippen LogP contribution is -2.36. The van der Waals surface area contributed by atoms with Gasteiger partial charge < -0.3 is 15.5 Å². The van der Waals surface area contributed by atoms with Crippen LogP contribution in [0.3, 0.4) is 0 Å². The number of likely N-dealkylation sites (tertiary alicyclic amines) is 1. The summed E-state index contributed by atoms with van der Waals surface area (Å²) in [6.45, 7) is 3.82. The summed E-state index contributed by atoms with van der Waals surface area (Å²) in [7, 11) is 2.09. The van der Waals surface area contributed by atoms with E-state index in [0.717, 1.165) is 38.2 Å². The molecule has 2 heterocycles. The smallest absolute Gasteiger partial charge is 0.251 e. The first-order chi connectivity index (χ1) is 8.72. The van der Waals surface area contributed by atoms with Crippen LogP contribution in [0.5, 0.6) is 0 Å². The Morgan fingerprint density at radius 3 is 3.00 bits per heavy atom. The Balaban J connectivity index is 1.69. The predicted molar refractivity (Wildman–Crippen MR) is 70.4 cm³/mol. The van der Waals surface area contributed by atoms with E-state index in [0.29, 0.717) is 6.04 Å². The van der Waals surface area contributed by atoms with Gasteiger partial charge in [-0.15, -0.1) is 0 Å². The highest BCUT2D eigenvalue weighted by atomic mass is 16.1. The van der Waals surface area contributed by atoms with Crippen LogP contribution in [-0.4, -0.2) is 37.0 Å². The summed E-state index contributed by atoms with van der Waals surface area (Å²) in [6, 6.07) is 6.31. The Bertz CT molecular complexity index is 472. The van der Waals surface area contributed by atoms with E-state index in [2.05, 4.69) is 28.6 Å². The van der Waals surface area contributed by atoms with Crippen LogP contribution in [0.1, 0.15) is 27.9 Å². The van der Waals surface area contributed by atoms with Gasteiger partial charge in [0.25, 0.3) is 5.91 Å². The number of benzene rings is 1. The molecule has 1 aromatic carbocycles. The molecule has 4 nitrogen and oxygen atoms in total. The van der Waals surface area contributed by atoms with Crippen LogP contribution in [0.2, 0.25) is 0 Å². The molecule has 0 bridgehead atoms. The number of hydrogen-bond donors (Lipinski definition) is 2. The minimum absolute atomic E-state index is 0.0602. The highest BCUT2D eigenvalue weighted by molar-refractivity contribution is 5.94. The van der Waals surface area contributed by atoms with Crippen LogP contribution in [-0.2, 0) is 13.1 Å². The number of hydrogen-bond acceptors (Lipinski definition) is 3. The first-order valence-corrected chi connectivity index (χ1v) is 6.54. The fraction of sp³-hybridized carbons (Fsp3) is 0.500. The largest absolute Gasteiger partial charge is 0.348 e. The fourth-order valence-corrected chi connectivity index (χ4v) is 2.76. The van der Waals surface area contributed by atoms with E-state index in [4.69, 9.17) is 0 Å². The number of nitrogens with zero attached hydrogens (tertiary/aromatic N) is 1. The maximum Gasteiger partial charge on any atom is 0.251 e. The number of amides is 1. The van der Waals surface area contributed by atoms with Crippen molar-refractivity contribution >= 4 is 5.91 Å². The number of rotatable bonds is 2. The monoisotopic (exact) mass is 245 g/mol. The standard InChI is InChI=1S/C14H19N3O/c1-17-5-4-13(9-17)16-14(18)10-2-3-11-7-15-8-12(11)6-10/h2-3,6,13,15H,4-5,7-9H2,1H3,(H,16,18). The van der Waals surface area contributed by atoms with Crippen LogP contribution >= 0.6 is 0 Å². The number of nitrogens with one attached hydrogen (secondary N) is 2. The molecule has 0 saturated carbocycles. The molecule has 2 aliphatic heterocycles. The maximum atomic E-state index is 12.2. The van der Waals surface area contributed by atoms with Gasteiger partial charge in [0, 0.05) is 31.2 Å². The van der Waals surface area contributed by atoms with E-state index in [1.807, 2.05) is 12.1 Å². The first kappa shape index (κ1) is 11.7. The van der Waals surface area contributed by atoms with Gasteiger partial charge >= 0.3 is 0 Å². The Kier molecular flexibility index (Phi) is 3.06. The third-order valence-electron chi connectivity index (χ3n) is 3.83. The van der Waals surface area contributed by atoms with E-state index in [-0.39, 0.29) is 5.91 Å². The normalized spacial score (nSPS) is 23.1. The van der Waals surface area contributed by atoms with Crippen molar-refractivity contribution in [3.8, 4) is 0 Å². The molecule has 0 spiro atoms. The van der Waals surface area contributed by atoms with Gasteiger partial charge in [-0.3, -0.25) is 4.79 Å². The molecule has 1 saturated heterocycles. The molecule has 0 radical (unpaired) electrons. The van der Waals surface area contributed by atoms with Crippen molar-refractivity contribution in [2.24, 2.45) is 0 Å². The van der Waals surface area contributed by atoms with Gasteiger partial charge in [0.15, 0.2) is 0 Å². The van der Waals surface area contributed by atoms with E-state index >= 15 is 0 Å². The SMILES string of the molecule is CN1CCC(NC(=O)c2ccc3c(c2)CNC3)C1. The minimum atomic E-state index is 0.0602. The zero-order chi connectivity index (χ0) is 12.5. The topological polar surface area (TPSA) is 44.4 Å². The molecule has 1 atom stereocenters. The summed E-state index contributed by atoms with van der Waals surface area (Å²) in [6.07, 6.45) is 1.05. The molecule has 1 aromatic rings. The van der Waals surface area contributed by atoms with Crippen molar-refractivity contribution in [1.29, 1.82) is 0 Å². The van der Waals surface area contributed by atoms with Crippen LogP contribution in [0.25, 0.3) is 0 Å². The number of carbonyl (C=O) groups excluding carboxylic acids is 1. The number of likely N-dealkylation sites (N-methyl/N-ethyl adjacent to an activating group) is 1. The minimum Gasteiger partial charge on any atom is -0.348 e. The highest BCUT2D eigenvalue weighted by Crippen LogP contribution is 2.17. The van der Waals surface area contributed by atoms with Crippen molar-refractivity contribution in [1.82, 2.24) is 15.5 Å². The molecule has 3 rings (SSSR count). The Morgan fingerprint density at radius 1 is 1.39 bits per heavy atom. The molecular formula is C14H19N3O. The predicted octanol–water partition coefficient (Wildman–Crippen LogP) is 0.724. The molecular weight excluding hydrogens is 226 g/mol. The van der Waals surface area contributed by atoms with E-state index in [1.54, 1.807) is 0 Å². The van der Waals surface area contributed by atoms with Crippen molar-refractivity contribution in [2.75, 3.05) is 20.1 Å². The van der Waals surface area contributed by atoms with Crippen LogP contribution in [0.4, 0.5) is 0 Å². The number of carbonyl (C=O) groups is 1. The van der Waals surface area contributed by atoms with E-state index in [9.17, 15) is 4.79 Å². The lowest BCUT2D eigenvalue weighted by atomic mass is 10.1. The Morgan fingerprint density at radius 2 is 2.22 bits per heavy atom. The molecule has 0 aliphatic carbocycles. The van der Waals surface area contributed by atoms with Crippen molar-refractivity contribution in [2.45, 2.75) is 25.6 Å². The van der Waals surface area contributed by atoms with Gasteiger partial charge in [0.2, 0.25) is 0 Å². The average Bonchev–Trinajstić information content (AvgIpc) is 2.96. The molecule has 18 heavy (non-hydrogen) atoms. The van der Waals surface area contributed by atoms with E-state index < -0.39 is 0 Å². The van der Waals surface area contributed by atoms with Crippen LogP contribution in [0, 0.1) is 0 Å². The van der Waals surface area contributed by atoms with E-state index in [1.165, 1.54) is 11.1 Å². The number of fused-ring (bicyclic) bond motifs is 1. The van der Waals surface area contributed by atoms with Gasteiger partial charge in [-0.1, -0.05) is 6.07 Å². The lowest BCUT2D eigenvalue weighted by Gasteiger charge is -2.13. The zero-order valence-corrected chi connectivity index (χ0v) is 10.7. The van der Waals surface area contributed by atoms with Crippen molar-refractivity contribution < 1.29 is 4.79 Å². The Hall–Kier alpha value is -1.39. The van der Waals surface area contributed by atoms with Crippen LogP contribution < -0.4 is 10.6 Å². The molecule has 1 fully saturated rings. The van der Waals surface area contributed by atoms with Gasteiger partial charge in [-0.25, -0.2) is 0 Å². The van der Waals surface area contributed by atoms with Gasteiger partial charge in [-0.2, -0.15) is 0 Å². The summed E-state index contributed by atoms with van der Waals surface area (Å²) in [4.78, 5) is 14.4. The second-order valence-electron chi connectivity index (χ2n) is 5.31. The molecule has 0 aromatic heterocycles. The quantitative estimate of drug-likeness (QED) is 0.807. The molecule has 1 unspecified atom stereocenters. The molecule has 2 N–H and O–H groups in total. The maximum absolute atomic E-state index is 12.2. The average molecular weight is 245 g/mol. The second-order valence-corrected chi connectivity index (χ2v) is 5.31. The lowest BCUT2D eigenvalue weighted by molar-refractivity contribution is 0.0938. The molecule has 4 heteroatoms. The van der Waals surface area contributed by atoms with Gasteiger partial charge in [0.1, 0.15) is 0 Å². The summed E-state index contributed by atoms with van der Waals surface area (Å²) >= 11 is 0. The second kappa shape index (κ2) is 4.71. The highest BCUT2D eigenvalue weighted by Gasteiger charge is 2.22. The third-order valence-corrected chi connectivity index (χ3v) is 3.83. The summed E-state index contributed by atoms with van der Waals surface area (Å²) < 4.78 is 0. The van der Waals surface area contributed by atoms with Gasteiger partial charge in [0.05, 0.1) is 0 Å². The van der Waals surface area contributed by atoms with Crippen molar-refractivity contribution in [3.63, 3.8) is 0 Å². The summed E-state index contributed by atoms with van der Waals surface area (Å²) in [5, 5.41) is 6.41. The van der Waals surface area contributed by atoms with Gasteiger partial charge in [-0.05, 0) is 43.3 Å². The Labute approximate surface area is 107 Å².